The highest BCUT2D eigenvalue weighted by molar-refractivity contribution is 9.10. The standard InChI is InChI=1S/C12H14BrN3O2S/c13-9-2-1-3-10(6-9)16-11(14)15-7-12(16)4-5-19(17,18)8-12/h1-3,6H,4-5,7-8H2,(H2,14,15). The summed E-state index contributed by atoms with van der Waals surface area (Å²) in [5.74, 6) is 0.729. The Bertz CT molecular complexity index is 659. The largest absolute Gasteiger partial charge is 0.369 e. The van der Waals surface area contributed by atoms with Crippen molar-refractivity contribution < 1.29 is 8.42 Å². The molecule has 0 amide bonds. The lowest BCUT2D eigenvalue weighted by atomic mass is 9.97. The van der Waals surface area contributed by atoms with Crippen LogP contribution in [0.3, 0.4) is 0 Å². The van der Waals surface area contributed by atoms with Crippen LogP contribution in [0.4, 0.5) is 5.69 Å². The molecule has 0 aromatic heterocycles. The van der Waals surface area contributed by atoms with Crippen molar-refractivity contribution in [2.24, 2.45) is 10.7 Å². The zero-order chi connectivity index (χ0) is 13.7. The molecule has 7 heteroatoms. The van der Waals surface area contributed by atoms with E-state index in [1.54, 1.807) is 0 Å². The van der Waals surface area contributed by atoms with E-state index in [9.17, 15) is 8.42 Å². The average molecular weight is 344 g/mol. The molecule has 3 rings (SSSR count). The highest BCUT2D eigenvalue weighted by Gasteiger charge is 2.50. The zero-order valence-corrected chi connectivity index (χ0v) is 12.6. The summed E-state index contributed by atoms with van der Waals surface area (Å²) in [4.78, 5) is 6.14. The van der Waals surface area contributed by atoms with Crippen LogP contribution in [0.2, 0.25) is 0 Å². The number of hydrogen-bond donors (Lipinski definition) is 1. The summed E-state index contributed by atoms with van der Waals surface area (Å²) in [6.07, 6.45) is 0.575. The number of anilines is 1. The summed E-state index contributed by atoms with van der Waals surface area (Å²) >= 11 is 3.42. The normalized spacial score (nSPS) is 28.9. The molecular weight excluding hydrogens is 330 g/mol. The van der Waals surface area contributed by atoms with Crippen molar-refractivity contribution in [3.63, 3.8) is 0 Å². The van der Waals surface area contributed by atoms with Gasteiger partial charge >= 0.3 is 0 Å². The quantitative estimate of drug-likeness (QED) is 0.829. The molecule has 19 heavy (non-hydrogen) atoms. The molecule has 0 radical (unpaired) electrons. The van der Waals surface area contributed by atoms with Crippen LogP contribution in [0.1, 0.15) is 6.42 Å². The van der Waals surface area contributed by atoms with Crippen molar-refractivity contribution in [1.29, 1.82) is 0 Å². The number of rotatable bonds is 1. The van der Waals surface area contributed by atoms with Crippen molar-refractivity contribution in [2.45, 2.75) is 12.0 Å². The van der Waals surface area contributed by atoms with Gasteiger partial charge < -0.3 is 10.6 Å². The van der Waals surface area contributed by atoms with Crippen molar-refractivity contribution in [3.05, 3.63) is 28.7 Å². The molecule has 0 bridgehead atoms. The second kappa shape index (κ2) is 4.21. The van der Waals surface area contributed by atoms with Gasteiger partial charge in [0.1, 0.15) is 0 Å². The second-order valence-corrected chi connectivity index (χ2v) is 8.16. The van der Waals surface area contributed by atoms with Gasteiger partial charge in [-0.2, -0.15) is 0 Å². The van der Waals surface area contributed by atoms with E-state index in [4.69, 9.17) is 5.73 Å². The fourth-order valence-corrected chi connectivity index (χ4v) is 5.24. The van der Waals surface area contributed by atoms with Gasteiger partial charge in [0.15, 0.2) is 15.8 Å². The van der Waals surface area contributed by atoms with E-state index >= 15 is 0 Å². The molecule has 0 aliphatic carbocycles. The lowest BCUT2D eigenvalue weighted by Crippen LogP contribution is -2.53. The van der Waals surface area contributed by atoms with Gasteiger partial charge in [0.2, 0.25) is 0 Å². The maximum atomic E-state index is 11.8. The SMILES string of the molecule is NC1=NCC2(CCS(=O)(=O)C2)N1c1cccc(Br)c1. The topological polar surface area (TPSA) is 75.8 Å². The fourth-order valence-electron chi connectivity index (χ4n) is 2.83. The molecular formula is C12H14BrN3O2S. The molecule has 1 fully saturated rings. The maximum absolute atomic E-state index is 11.8. The van der Waals surface area contributed by atoms with Gasteiger partial charge in [-0.15, -0.1) is 0 Å². The number of nitrogens with zero attached hydrogens (tertiary/aromatic N) is 2. The van der Waals surface area contributed by atoms with E-state index in [1.165, 1.54) is 0 Å². The lowest BCUT2D eigenvalue weighted by molar-refractivity contribution is 0.513. The summed E-state index contributed by atoms with van der Waals surface area (Å²) in [6.45, 7) is 0.449. The van der Waals surface area contributed by atoms with Crippen LogP contribution in [0, 0.1) is 0 Å². The number of guanidine groups is 1. The monoisotopic (exact) mass is 343 g/mol. The van der Waals surface area contributed by atoms with Crippen LogP contribution in [0.15, 0.2) is 33.7 Å². The lowest BCUT2D eigenvalue weighted by Gasteiger charge is -2.35. The molecule has 1 atom stereocenters. The first-order chi connectivity index (χ1) is 8.92. The van der Waals surface area contributed by atoms with Gasteiger partial charge in [-0.05, 0) is 24.6 Å². The predicted octanol–water partition coefficient (Wildman–Crippen LogP) is 1.14. The zero-order valence-electron chi connectivity index (χ0n) is 10.2. The van der Waals surface area contributed by atoms with Gasteiger partial charge in [0, 0.05) is 10.2 Å². The first-order valence-electron chi connectivity index (χ1n) is 5.98. The first kappa shape index (κ1) is 12.9. The van der Waals surface area contributed by atoms with Crippen molar-refractivity contribution in [2.75, 3.05) is 23.0 Å². The third-order valence-corrected chi connectivity index (χ3v) is 5.97. The van der Waals surface area contributed by atoms with Gasteiger partial charge in [-0.25, -0.2) is 8.42 Å². The molecule has 1 aromatic rings. The summed E-state index contributed by atoms with van der Waals surface area (Å²) in [5, 5.41) is 0. The molecule has 2 heterocycles. The minimum Gasteiger partial charge on any atom is -0.369 e. The van der Waals surface area contributed by atoms with Gasteiger partial charge in [-0.1, -0.05) is 22.0 Å². The van der Waals surface area contributed by atoms with Crippen LogP contribution >= 0.6 is 15.9 Å². The van der Waals surface area contributed by atoms with Crippen molar-refractivity contribution in [1.82, 2.24) is 0 Å². The number of benzene rings is 1. The summed E-state index contributed by atoms with van der Waals surface area (Å²) in [6, 6.07) is 7.68. The Balaban J connectivity index is 2.05. The van der Waals surface area contributed by atoms with Gasteiger partial charge in [0.25, 0.3) is 0 Å². The van der Waals surface area contributed by atoms with E-state index in [-0.39, 0.29) is 11.5 Å². The molecule has 1 saturated heterocycles. The van der Waals surface area contributed by atoms with Crippen LogP contribution < -0.4 is 10.6 Å². The fraction of sp³-hybridized carbons (Fsp3) is 0.417. The summed E-state index contributed by atoms with van der Waals surface area (Å²) in [7, 11) is -2.99. The Kier molecular flexibility index (Phi) is 2.86. The highest BCUT2D eigenvalue weighted by atomic mass is 79.9. The van der Waals surface area contributed by atoms with Crippen LogP contribution in [-0.4, -0.2) is 38.0 Å². The Hall–Kier alpha value is -1.08. The van der Waals surface area contributed by atoms with E-state index in [0.29, 0.717) is 18.9 Å². The van der Waals surface area contributed by atoms with E-state index < -0.39 is 15.4 Å². The van der Waals surface area contributed by atoms with Crippen LogP contribution in [-0.2, 0) is 9.84 Å². The molecule has 1 unspecified atom stereocenters. The Labute approximate surface area is 120 Å². The Morgan fingerprint density at radius 1 is 1.42 bits per heavy atom. The molecule has 1 aromatic carbocycles. The summed E-state index contributed by atoms with van der Waals surface area (Å²) in [5.41, 5.74) is 6.35. The number of halogens is 1. The van der Waals surface area contributed by atoms with Crippen molar-refractivity contribution in [3.8, 4) is 0 Å². The molecule has 102 valence electrons. The van der Waals surface area contributed by atoms with Crippen LogP contribution in [0.5, 0.6) is 0 Å². The molecule has 1 spiro atoms. The van der Waals surface area contributed by atoms with E-state index in [0.717, 1.165) is 10.2 Å². The number of nitrogens with two attached hydrogens (primary N) is 1. The average Bonchev–Trinajstić information content (AvgIpc) is 2.80. The Morgan fingerprint density at radius 3 is 2.84 bits per heavy atom. The van der Waals surface area contributed by atoms with Crippen LogP contribution in [0.25, 0.3) is 0 Å². The van der Waals surface area contributed by atoms with E-state index in [2.05, 4.69) is 20.9 Å². The minimum atomic E-state index is -2.99. The molecule has 2 aliphatic heterocycles. The first-order valence-corrected chi connectivity index (χ1v) is 8.60. The van der Waals surface area contributed by atoms with E-state index in [1.807, 2.05) is 29.2 Å². The third kappa shape index (κ3) is 2.14. The number of hydrogen-bond acceptors (Lipinski definition) is 5. The van der Waals surface area contributed by atoms with Gasteiger partial charge in [0.05, 0.1) is 23.6 Å². The summed E-state index contributed by atoms with van der Waals surface area (Å²) < 4.78 is 24.6. The van der Waals surface area contributed by atoms with Gasteiger partial charge in [-0.3, -0.25) is 4.99 Å². The molecule has 2 N–H and O–H groups in total. The molecule has 5 nitrogen and oxygen atoms in total. The maximum Gasteiger partial charge on any atom is 0.196 e. The highest BCUT2D eigenvalue weighted by Crippen LogP contribution is 2.37. The Morgan fingerprint density at radius 2 is 2.21 bits per heavy atom. The van der Waals surface area contributed by atoms with Crippen molar-refractivity contribution >= 4 is 37.4 Å². The predicted molar refractivity (Wildman–Crippen MR) is 79.1 cm³/mol. The minimum absolute atomic E-state index is 0.122. The third-order valence-electron chi connectivity index (χ3n) is 3.67. The second-order valence-electron chi connectivity index (χ2n) is 5.06. The molecule has 2 aliphatic rings. The number of aliphatic imine (C=N–C) groups is 1. The number of sulfone groups is 1. The molecule has 0 saturated carbocycles. The smallest absolute Gasteiger partial charge is 0.196 e.